The standard InChI is InChI=1S/C17H14BrN3O3/c18-14-6-4-11(5-7-14)16(22)13-9-19-17(20-10-13)12-2-1-3-15(8-12)21(23)24/h1-8,13H,9-10H2,(H,19,20). The van der Waals surface area contributed by atoms with Gasteiger partial charge in [0.1, 0.15) is 5.84 Å². The highest BCUT2D eigenvalue weighted by Gasteiger charge is 2.24. The third-order valence-corrected chi connectivity index (χ3v) is 4.34. The van der Waals surface area contributed by atoms with Crippen LogP contribution in [0.3, 0.4) is 0 Å². The Labute approximate surface area is 146 Å². The zero-order valence-electron chi connectivity index (χ0n) is 12.6. The summed E-state index contributed by atoms with van der Waals surface area (Å²) in [7, 11) is 0. The number of amidine groups is 1. The van der Waals surface area contributed by atoms with E-state index in [0.29, 0.717) is 30.1 Å². The van der Waals surface area contributed by atoms with Crippen molar-refractivity contribution in [3.8, 4) is 0 Å². The van der Waals surface area contributed by atoms with Crippen LogP contribution in [0, 0.1) is 16.0 Å². The van der Waals surface area contributed by atoms with Gasteiger partial charge in [-0.05, 0) is 12.1 Å². The molecule has 0 spiro atoms. The molecule has 3 rings (SSSR count). The monoisotopic (exact) mass is 387 g/mol. The second-order valence-electron chi connectivity index (χ2n) is 5.45. The van der Waals surface area contributed by atoms with Crippen LogP contribution >= 0.6 is 15.9 Å². The lowest BCUT2D eigenvalue weighted by molar-refractivity contribution is -0.384. The number of aliphatic imine (C=N–C) groups is 1. The molecule has 1 aliphatic heterocycles. The molecule has 0 radical (unpaired) electrons. The van der Waals surface area contributed by atoms with Gasteiger partial charge in [-0.15, -0.1) is 0 Å². The molecule has 2 aromatic carbocycles. The van der Waals surface area contributed by atoms with E-state index in [9.17, 15) is 14.9 Å². The van der Waals surface area contributed by atoms with E-state index in [2.05, 4.69) is 26.2 Å². The number of nitro groups is 1. The van der Waals surface area contributed by atoms with E-state index in [4.69, 9.17) is 0 Å². The summed E-state index contributed by atoms with van der Waals surface area (Å²) >= 11 is 3.35. The quantitative estimate of drug-likeness (QED) is 0.495. The average Bonchev–Trinajstić information content (AvgIpc) is 2.62. The lowest BCUT2D eigenvalue weighted by Crippen LogP contribution is -2.39. The highest BCUT2D eigenvalue weighted by atomic mass is 79.9. The fourth-order valence-electron chi connectivity index (χ4n) is 2.53. The van der Waals surface area contributed by atoms with Crippen molar-refractivity contribution in [3.63, 3.8) is 0 Å². The van der Waals surface area contributed by atoms with E-state index in [0.717, 1.165) is 4.47 Å². The lowest BCUT2D eigenvalue weighted by atomic mass is 9.96. The molecule has 0 fully saturated rings. The Morgan fingerprint density at radius 1 is 1.25 bits per heavy atom. The highest BCUT2D eigenvalue weighted by Crippen LogP contribution is 2.18. The maximum atomic E-state index is 12.5. The summed E-state index contributed by atoms with van der Waals surface area (Å²) in [5.41, 5.74) is 1.32. The molecule has 0 aromatic heterocycles. The van der Waals surface area contributed by atoms with Crippen LogP contribution < -0.4 is 5.32 Å². The van der Waals surface area contributed by atoms with Crippen molar-refractivity contribution in [3.05, 3.63) is 74.2 Å². The van der Waals surface area contributed by atoms with Gasteiger partial charge in [-0.3, -0.25) is 19.9 Å². The van der Waals surface area contributed by atoms with Crippen LogP contribution in [0.15, 0.2) is 58.0 Å². The van der Waals surface area contributed by atoms with Crippen LogP contribution in [0.5, 0.6) is 0 Å². The minimum absolute atomic E-state index is 0.0186. The van der Waals surface area contributed by atoms with Crippen molar-refractivity contribution in [2.24, 2.45) is 10.9 Å². The van der Waals surface area contributed by atoms with Crippen molar-refractivity contribution in [2.75, 3.05) is 13.1 Å². The molecule has 122 valence electrons. The van der Waals surface area contributed by atoms with Crippen LogP contribution in [0.1, 0.15) is 15.9 Å². The molecule has 6 nitrogen and oxygen atoms in total. The summed E-state index contributed by atoms with van der Waals surface area (Å²) in [6, 6.07) is 13.5. The van der Waals surface area contributed by atoms with Crippen molar-refractivity contribution >= 4 is 33.2 Å². The van der Waals surface area contributed by atoms with Gasteiger partial charge in [0.25, 0.3) is 5.69 Å². The molecule has 0 bridgehead atoms. The Kier molecular flexibility index (Phi) is 4.71. The predicted molar refractivity (Wildman–Crippen MR) is 94.5 cm³/mol. The van der Waals surface area contributed by atoms with Gasteiger partial charge in [0, 0.05) is 34.3 Å². The molecular weight excluding hydrogens is 374 g/mol. The molecule has 24 heavy (non-hydrogen) atoms. The van der Waals surface area contributed by atoms with Gasteiger partial charge in [-0.1, -0.05) is 40.2 Å². The summed E-state index contributed by atoms with van der Waals surface area (Å²) in [6.45, 7) is 0.816. The van der Waals surface area contributed by atoms with Gasteiger partial charge in [0.15, 0.2) is 5.78 Å². The van der Waals surface area contributed by atoms with Crippen LogP contribution in [0.2, 0.25) is 0 Å². The second-order valence-corrected chi connectivity index (χ2v) is 6.36. The van der Waals surface area contributed by atoms with Gasteiger partial charge in [0.05, 0.1) is 17.4 Å². The average molecular weight is 388 g/mol. The number of hydrogen-bond donors (Lipinski definition) is 1. The zero-order chi connectivity index (χ0) is 17.1. The molecule has 0 aliphatic carbocycles. The Bertz CT molecular complexity index is 818. The molecule has 1 unspecified atom stereocenters. The fraction of sp³-hybridized carbons (Fsp3) is 0.176. The van der Waals surface area contributed by atoms with Crippen molar-refractivity contribution in [1.29, 1.82) is 0 Å². The summed E-state index contributed by atoms with van der Waals surface area (Å²) in [5.74, 6) is 0.379. The van der Waals surface area contributed by atoms with E-state index in [1.54, 1.807) is 24.3 Å². The summed E-state index contributed by atoms with van der Waals surface area (Å²) in [4.78, 5) is 27.3. The van der Waals surface area contributed by atoms with E-state index in [1.807, 2.05) is 12.1 Å². The number of carbonyl (C=O) groups is 1. The van der Waals surface area contributed by atoms with Crippen molar-refractivity contribution in [2.45, 2.75) is 0 Å². The largest absolute Gasteiger partial charge is 0.369 e. The SMILES string of the molecule is O=C(c1ccc(Br)cc1)C1CN=C(c2cccc([N+](=O)[O-])c2)NC1. The Balaban J connectivity index is 1.74. The lowest BCUT2D eigenvalue weighted by Gasteiger charge is -2.22. The Morgan fingerprint density at radius 3 is 2.62 bits per heavy atom. The number of nitrogens with zero attached hydrogens (tertiary/aromatic N) is 2. The second kappa shape index (κ2) is 6.92. The normalized spacial score (nSPS) is 16.9. The molecule has 2 aromatic rings. The molecule has 1 atom stereocenters. The first-order valence-electron chi connectivity index (χ1n) is 7.37. The van der Waals surface area contributed by atoms with Gasteiger partial charge in [0.2, 0.25) is 0 Å². The summed E-state index contributed by atoms with van der Waals surface area (Å²) in [5, 5.41) is 14.0. The minimum atomic E-state index is -0.438. The van der Waals surface area contributed by atoms with Gasteiger partial charge in [-0.25, -0.2) is 0 Å². The van der Waals surface area contributed by atoms with Crippen LogP contribution in [0.25, 0.3) is 0 Å². The zero-order valence-corrected chi connectivity index (χ0v) is 14.2. The maximum absolute atomic E-state index is 12.5. The number of nitrogens with one attached hydrogen (secondary N) is 1. The summed E-state index contributed by atoms with van der Waals surface area (Å²) in [6.07, 6.45) is 0. The van der Waals surface area contributed by atoms with Crippen LogP contribution in [0.4, 0.5) is 5.69 Å². The molecule has 1 aliphatic rings. The third kappa shape index (κ3) is 3.51. The maximum Gasteiger partial charge on any atom is 0.270 e. The van der Waals surface area contributed by atoms with Gasteiger partial charge in [-0.2, -0.15) is 0 Å². The molecule has 7 heteroatoms. The van der Waals surface area contributed by atoms with Gasteiger partial charge >= 0.3 is 0 Å². The highest BCUT2D eigenvalue weighted by molar-refractivity contribution is 9.10. The summed E-state index contributed by atoms with van der Waals surface area (Å²) < 4.78 is 0.923. The fourth-order valence-corrected chi connectivity index (χ4v) is 2.79. The molecule has 0 saturated heterocycles. The molecule has 1 heterocycles. The smallest absolute Gasteiger partial charge is 0.270 e. The number of nitro benzene ring substituents is 1. The predicted octanol–water partition coefficient (Wildman–Crippen LogP) is 3.21. The third-order valence-electron chi connectivity index (χ3n) is 3.82. The number of hydrogen-bond acceptors (Lipinski definition) is 5. The molecule has 1 N–H and O–H groups in total. The van der Waals surface area contributed by atoms with E-state index >= 15 is 0 Å². The number of rotatable bonds is 4. The van der Waals surface area contributed by atoms with E-state index < -0.39 is 4.92 Å². The first kappa shape index (κ1) is 16.3. The number of non-ortho nitro benzene ring substituents is 1. The first-order chi connectivity index (χ1) is 11.5. The number of ketones is 1. The molecular formula is C17H14BrN3O3. The van der Waals surface area contributed by atoms with Crippen molar-refractivity contribution in [1.82, 2.24) is 5.32 Å². The topological polar surface area (TPSA) is 84.6 Å². The van der Waals surface area contributed by atoms with E-state index in [-0.39, 0.29) is 17.4 Å². The van der Waals surface area contributed by atoms with Crippen molar-refractivity contribution < 1.29 is 9.72 Å². The molecule has 0 saturated carbocycles. The first-order valence-corrected chi connectivity index (χ1v) is 8.17. The van der Waals surface area contributed by atoms with Crippen LogP contribution in [-0.4, -0.2) is 29.6 Å². The number of benzene rings is 2. The number of Topliss-reactive ketones (excluding diaryl/α,β-unsaturated/α-hetero) is 1. The number of halogens is 1. The Morgan fingerprint density at radius 2 is 2.00 bits per heavy atom. The van der Waals surface area contributed by atoms with E-state index in [1.165, 1.54) is 12.1 Å². The number of carbonyl (C=O) groups excluding carboxylic acids is 1. The molecule has 0 amide bonds. The van der Waals surface area contributed by atoms with Crippen LogP contribution in [-0.2, 0) is 0 Å². The minimum Gasteiger partial charge on any atom is -0.369 e. The van der Waals surface area contributed by atoms with Gasteiger partial charge < -0.3 is 5.32 Å². The Hall–Kier alpha value is -2.54.